The summed E-state index contributed by atoms with van der Waals surface area (Å²) in [7, 11) is 0. The van der Waals surface area contributed by atoms with Crippen LogP contribution in [-0.4, -0.2) is 14.3 Å². The molecule has 0 spiro atoms. The van der Waals surface area contributed by atoms with E-state index in [1.807, 2.05) is 13.0 Å². The maximum absolute atomic E-state index is 8.67. The summed E-state index contributed by atoms with van der Waals surface area (Å²) in [5.41, 5.74) is 6.71. The molecular weight excluding hydrogens is 242 g/mol. The van der Waals surface area contributed by atoms with Crippen LogP contribution in [0.15, 0.2) is 21.6 Å². The van der Waals surface area contributed by atoms with Crippen molar-refractivity contribution in [3.05, 3.63) is 23.7 Å². The van der Waals surface area contributed by atoms with Crippen LogP contribution >= 0.6 is 23.3 Å². The SMILES string of the molecule is Cc1nsc(Sc2ncc(C#N)cc2N)n1. The van der Waals surface area contributed by atoms with Crippen LogP contribution in [0.1, 0.15) is 11.4 Å². The summed E-state index contributed by atoms with van der Waals surface area (Å²) in [4.78, 5) is 8.31. The molecule has 0 amide bonds. The molecule has 0 unspecified atom stereocenters. The van der Waals surface area contributed by atoms with Crippen LogP contribution in [0.2, 0.25) is 0 Å². The van der Waals surface area contributed by atoms with Crippen LogP contribution < -0.4 is 5.73 Å². The lowest BCUT2D eigenvalue weighted by atomic mass is 10.3. The second kappa shape index (κ2) is 4.47. The summed E-state index contributed by atoms with van der Waals surface area (Å²) in [6.45, 7) is 1.83. The number of aryl methyl sites for hydroxylation is 1. The first-order valence-corrected chi connectivity index (χ1v) is 5.92. The zero-order valence-electron chi connectivity index (χ0n) is 8.34. The average Bonchev–Trinajstić information content (AvgIpc) is 2.67. The molecule has 80 valence electrons. The highest BCUT2D eigenvalue weighted by molar-refractivity contribution is 8.01. The minimum Gasteiger partial charge on any atom is -0.396 e. The smallest absolute Gasteiger partial charge is 0.176 e. The zero-order valence-corrected chi connectivity index (χ0v) is 9.97. The van der Waals surface area contributed by atoms with E-state index in [2.05, 4.69) is 14.3 Å². The molecule has 2 rings (SSSR count). The summed E-state index contributed by atoms with van der Waals surface area (Å²) in [6, 6.07) is 3.59. The molecule has 0 aliphatic heterocycles. The monoisotopic (exact) mass is 249 g/mol. The van der Waals surface area contributed by atoms with E-state index in [-0.39, 0.29) is 0 Å². The van der Waals surface area contributed by atoms with Gasteiger partial charge in [0.25, 0.3) is 0 Å². The van der Waals surface area contributed by atoms with Crippen molar-refractivity contribution in [2.24, 2.45) is 0 Å². The number of pyridine rings is 1. The normalized spacial score (nSPS) is 10.0. The number of nitrogens with two attached hydrogens (primary N) is 1. The van der Waals surface area contributed by atoms with E-state index in [1.165, 1.54) is 29.5 Å². The van der Waals surface area contributed by atoms with Gasteiger partial charge in [-0.1, -0.05) is 0 Å². The van der Waals surface area contributed by atoms with Crippen molar-refractivity contribution in [3.8, 4) is 6.07 Å². The number of rotatable bonds is 2. The Labute approximate surface area is 101 Å². The second-order valence-corrected chi connectivity index (χ2v) is 4.93. The van der Waals surface area contributed by atoms with E-state index in [9.17, 15) is 0 Å². The van der Waals surface area contributed by atoms with Crippen LogP contribution in [0.5, 0.6) is 0 Å². The molecule has 0 aromatic carbocycles. The number of aromatic nitrogens is 3. The average molecular weight is 249 g/mol. The predicted molar refractivity (Wildman–Crippen MR) is 62.1 cm³/mol. The van der Waals surface area contributed by atoms with E-state index in [4.69, 9.17) is 11.0 Å². The Bertz CT molecular complexity index is 557. The Morgan fingerprint density at radius 1 is 1.56 bits per heavy atom. The zero-order chi connectivity index (χ0) is 11.5. The Kier molecular flexibility index (Phi) is 3.03. The van der Waals surface area contributed by atoms with Crippen molar-refractivity contribution in [1.29, 1.82) is 5.26 Å². The predicted octanol–water partition coefficient (Wildman–Crippen LogP) is 1.85. The van der Waals surface area contributed by atoms with Crippen LogP contribution in [0.3, 0.4) is 0 Å². The van der Waals surface area contributed by atoms with Gasteiger partial charge in [0.2, 0.25) is 0 Å². The van der Waals surface area contributed by atoms with E-state index < -0.39 is 0 Å². The number of anilines is 1. The van der Waals surface area contributed by atoms with Crippen molar-refractivity contribution in [2.75, 3.05) is 5.73 Å². The third kappa shape index (κ3) is 2.29. The molecule has 7 heteroatoms. The Morgan fingerprint density at radius 3 is 2.94 bits per heavy atom. The summed E-state index contributed by atoms with van der Waals surface area (Å²) in [6.07, 6.45) is 1.49. The fraction of sp³-hybridized carbons (Fsp3) is 0.111. The lowest BCUT2D eigenvalue weighted by Gasteiger charge is -2.00. The molecule has 0 bridgehead atoms. The molecule has 0 saturated carbocycles. The maximum Gasteiger partial charge on any atom is 0.176 e. The summed E-state index contributed by atoms with van der Waals surface area (Å²) >= 11 is 2.66. The second-order valence-electron chi connectivity index (χ2n) is 2.94. The molecule has 2 aromatic heterocycles. The van der Waals surface area contributed by atoms with Gasteiger partial charge in [-0.3, -0.25) is 0 Å². The first-order valence-electron chi connectivity index (χ1n) is 4.33. The van der Waals surface area contributed by atoms with E-state index in [0.29, 0.717) is 16.3 Å². The topological polar surface area (TPSA) is 88.5 Å². The molecule has 0 saturated heterocycles. The van der Waals surface area contributed by atoms with Crippen LogP contribution in [-0.2, 0) is 0 Å². The number of hydrogen-bond acceptors (Lipinski definition) is 7. The fourth-order valence-corrected chi connectivity index (χ4v) is 2.56. The number of nitrogens with zero attached hydrogens (tertiary/aromatic N) is 4. The van der Waals surface area contributed by atoms with Gasteiger partial charge in [-0.25, -0.2) is 9.97 Å². The Morgan fingerprint density at radius 2 is 2.38 bits per heavy atom. The minimum atomic E-state index is 0.454. The van der Waals surface area contributed by atoms with E-state index in [1.54, 1.807) is 6.07 Å². The summed E-state index contributed by atoms with van der Waals surface area (Å²) in [5.74, 6) is 0.736. The third-order valence-corrected chi connectivity index (χ3v) is 3.58. The summed E-state index contributed by atoms with van der Waals surface area (Å²) in [5, 5.41) is 9.32. The quantitative estimate of drug-likeness (QED) is 0.873. The van der Waals surface area contributed by atoms with Gasteiger partial charge >= 0.3 is 0 Å². The third-order valence-electron chi connectivity index (χ3n) is 1.70. The molecule has 0 radical (unpaired) electrons. The highest BCUT2D eigenvalue weighted by atomic mass is 32.2. The van der Waals surface area contributed by atoms with Crippen molar-refractivity contribution in [3.63, 3.8) is 0 Å². The first-order chi connectivity index (χ1) is 7.69. The van der Waals surface area contributed by atoms with Crippen molar-refractivity contribution >= 4 is 29.0 Å². The molecule has 0 aliphatic carbocycles. The van der Waals surface area contributed by atoms with Gasteiger partial charge in [-0.05, 0) is 36.3 Å². The van der Waals surface area contributed by atoms with E-state index >= 15 is 0 Å². The van der Waals surface area contributed by atoms with Crippen LogP contribution in [0, 0.1) is 18.3 Å². The number of nitrogen functional groups attached to an aromatic ring is 1. The van der Waals surface area contributed by atoms with E-state index in [0.717, 1.165) is 10.2 Å². The maximum atomic E-state index is 8.67. The molecule has 0 aliphatic rings. The van der Waals surface area contributed by atoms with Crippen molar-refractivity contribution < 1.29 is 0 Å². The van der Waals surface area contributed by atoms with Gasteiger partial charge in [0, 0.05) is 6.20 Å². The Hall–Kier alpha value is -1.65. The highest BCUT2D eigenvalue weighted by Crippen LogP contribution is 2.31. The minimum absolute atomic E-state index is 0.454. The van der Waals surface area contributed by atoms with Gasteiger partial charge < -0.3 is 5.73 Å². The Balaban J connectivity index is 2.26. The van der Waals surface area contributed by atoms with Crippen LogP contribution in [0.25, 0.3) is 0 Å². The van der Waals surface area contributed by atoms with Gasteiger partial charge in [0.15, 0.2) is 4.34 Å². The molecule has 5 nitrogen and oxygen atoms in total. The summed E-state index contributed by atoms with van der Waals surface area (Å²) < 4.78 is 4.86. The standard InChI is InChI=1S/C9H7N5S2/c1-5-13-9(16-14-5)15-8-7(11)2-6(3-10)4-12-8/h2,4H,11H2,1H3. The molecule has 0 fully saturated rings. The van der Waals surface area contributed by atoms with Gasteiger partial charge in [0.1, 0.15) is 16.9 Å². The van der Waals surface area contributed by atoms with Crippen molar-refractivity contribution in [2.45, 2.75) is 16.3 Å². The first kappa shape index (κ1) is 10.9. The van der Waals surface area contributed by atoms with Gasteiger partial charge in [-0.15, -0.1) is 0 Å². The number of nitriles is 1. The molecular formula is C9H7N5S2. The van der Waals surface area contributed by atoms with Crippen molar-refractivity contribution in [1.82, 2.24) is 14.3 Å². The van der Waals surface area contributed by atoms with Gasteiger partial charge in [-0.2, -0.15) is 9.64 Å². The molecule has 2 heterocycles. The largest absolute Gasteiger partial charge is 0.396 e. The lowest BCUT2D eigenvalue weighted by Crippen LogP contribution is -1.92. The molecule has 16 heavy (non-hydrogen) atoms. The highest BCUT2D eigenvalue weighted by Gasteiger charge is 2.08. The van der Waals surface area contributed by atoms with Gasteiger partial charge in [0.05, 0.1) is 11.3 Å². The molecule has 2 N–H and O–H groups in total. The molecule has 0 atom stereocenters. The number of hydrogen-bond donors (Lipinski definition) is 1. The lowest BCUT2D eigenvalue weighted by molar-refractivity contribution is 1.09. The molecule has 2 aromatic rings. The fourth-order valence-electron chi connectivity index (χ4n) is 1.02. The van der Waals surface area contributed by atoms with Crippen LogP contribution in [0.4, 0.5) is 5.69 Å².